The largest absolute Gasteiger partial charge is 0.508 e. The van der Waals surface area contributed by atoms with Crippen molar-refractivity contribution < 1.29 is 13.9 Å². The van der Waals surface area contributed by atoms with Crippen LogP contribution in [0.2, 0.25) is 0 Å². The molecule has 2 aromatic carbocycles. The SMILES string of the molecule is O=c1oc2ccccc2c2oc3ccc(O)c(CN4CCCCC4)c3c12. The first-order valence-corrected chi connectivity index (χ1v) is 9.03. The van der Waals surface area contributed by atoms with Crippen molar-refractivity contribution in [3.05, 3.63) is 52.4 Å². The molecule has 0 unspecified atom stereocenters. The van der Waals surface area contributed by atoms with Gasteiger partial charge in [-0.05, 0) is 50.2 Å². The van der Waals surface area contributed by atoms with Gasteiger partial charge in [0.15, 0.2) is 5.58 Å². The number of hydrogen-bond acceptors (Lipinski definition) is 5. The van der Waals surface area contributed by atoms with Gasteiger partial charge >= 0.3 is 5.63 Å². The van der Waals surface area contributed by atoms with Gasteiger partial charge < -0.3 is 13.9 Å². The van der Waals surface area contributed by atoms with E-state index in [1.54, 1.807) is 18.2 Å². The molecule has 5 heteroatoms. The Morgan fingerprint density at radius 1 is 0.923 bits per heavy atom. The van der Waals surface area contributed by atoms with Gasteiger partial charge in [0, 0.05) is 17.5 Å². The fraction of sp³-hybridized carbons (Fsp3) is 0.286. The molecule has 26 heavy (non-hydrogen) atoms. The number of likely N-dealkylation sites (tertiary alicyclic amines) is 1. The van der Waals surface area contributed by atoms with Crippen LogP contribution in [0.3, 0.4) is 0 Å². The lowest BCUT2D eigenvalue weighted by Crippen LogP contribution is -2.29. The van der Waals surface area contributed by atoms with Gasteiger partial charge in [-0.1, -0.05) is 18.6 Å². The Labute approximate surface area is 149 Å². The minimum absolute atomic E-state index is 0.193. The van der Waals surface area contributed by atoms with Crippen molar-refractivity contribution in [3.8, 4) is 5.75 Å². The average molecular weight is 349 g/mol. The predicted octanol–water partition coefficient (Wildman–Crippen LogP) is 4.38. The summed E-state index contributed by atoms with van der Waals surface area (Å²) in [4.78, 5) is 15.0. The van der Waals surface area contributed by atoms with E-state index in [0.29, 0.717) is 34.1 Å². The van der Waals surface area contributed by atoms with Crippen LogP contribution in [0.1, 0.15) is 24.8 Å². The van der Waals surface area contributed by atoms with Crippen molar-refractivity contribution in [3.63, 3.8) is 0 Å². The summed E-state index contributed by atoms with van der Waals surface area (Å²) in [6.45, 7) is 2.61. The lowest BCUT2D eigenvalue weighted by molar-refractivity contribution is 0.219. The number of rotatable bonds is 2. The van der Waals surface area contributed by atoms with Crippen molar-refractivity contribution in [2.45, 2.75) is 25.8 Å². The number of phenols is 1. The minimum Gasteiger partial charge on any atom is -0.508 e. The molecule has 1 fully saturated rings. The van der Waals surface area contributed by atoms with E-state index in [1.165, 1.54) is 6.42 Å². The second-order valence-electron chi connectivity index (χ2n) is 6.97. The van der Waals surface area contributed by atoms with E-state index >= 15 is 0 Å². The number of aromatic hydroxyl groups is 1. The average Bonchev–Trinajstić information content (AvgIpc) is 3.06. The van der Waals surface area contributed by atoms with Crippen LogP contribution in [-0.4, -0.2) is 23.1 Å². The quantitative estimate of drug-likeness (QED) is 0.544. The van der Waals surface area contributed by atoms with Crippen molar-refractivity contribution in [2.24, 2.45) is 0 Å². The molecule has 0 saturated carbocycles. The molecule has 0 radical (unpaired) electrons. The number of phenolic OH excluding ortho intramolecular Hbond substituents is 1. The third-order valence-electron chi connectivity index (χ3n) is 5.31. The summed E-state index contributed by atoms with van der Waals surface area (Å²) >= 11 is 0. The zero-order valence-corrected chi connectivity index (χ0v) is 14.3. The maximum absolute atomic E-state index is 12.7. The van der Waals surface area contributed by atoms with E-state index in [2.05, 4.69) is 4.90 Å². The van der Waals surface area contributed by atoms with Crippen LogP contribution in [0.25, 0.3) is 32.9 Å². The van der Waals surface area contributed by atoms with Gasteiger partial charge in [0.2, 0.25) is 0 Å². The van der Waals surface area contributed by atoms with Crippen LogP contribution in [0.4, 0.5) is 0 Å². The highest BCUT2D eigenvalue weighted by Crippen LogP contribution is 2.37. The molecule has 1 aliphatic heterocycles. The lowest BCUT2D eigenvalue weighted by Gasteiger charge is -2.26. The Hall–Kier alpha value is -2.79. The Bertz CT molecular complexity index is 1180. The van der Waals surface area contributed by atoms with Crippen LogP contribution < -0.4 is 5.63 Å². The van der Waals surface area contributed by atoms with Crippen LogP contribution in [0.15, 0.2) is 50.0 Å². The molecule has 3 heterocycles. The second kappa shape index (κ2) is 5.88. The van der Waals surface area contributed by atoms with Crippen LogP contribution >= 0.6 is 0 Å². The highest BCUT2D eigenvalue weighted by Gasteiger charge is 2.22. The Balaban J connectivity index is 1.82. The summed E-state index contributed by atoms with van der Waals surface area (Å²) in [7, 11) is 0. The van der Waals surface area contributed by atoms with Crippen molar-refractivity contribution in [1.82, 2.24) is 4.90 Å². The molecule has 1 N–H and O–H groups in total. The molecule has 5 nitrogen and oxygen atoms in total. The molecular formula is C21H19NO4. The number of hydrogen-bond donors (Lipinski definition) is 1. The summed E-state index contributed by atoms with van der Waals surface area (Å²) < 4.78 is 11.6. The Morgan fingerprint density at radius 2 is 1.73 bits per heavy atom. The number of para-hydroxylation sites is 1. The van der Waals surface area contributed by atoms with Gasteiger partial charge in [-0.2, -0.15) is 0 Å². The first-order chi connectivity index (χ1) is 12.7. The number of benzene rings is 2. The zero-order valence-electron chi connectivity index (χ0n) is 14.3. The number of fused-ring (bicyclic) bond motifs is 5. The molecule has 0 spiro atoms. The first kappa shape index (κ1) is 15.5. The molecule has 0 atom stereocenters. The van der Waals surface area contributed by atoms with Gasteiger partial charge in [0.05, 0.1) is 5.39 Å². The molecule has 0 bridgehead atoms. The van der Waals surface area contributed by atoms with E-state index < -0.39 is 5.63 Å². The molecule has 0 amide bonds. The second-order valence-corrected chi connectivity index (χ2v) is 6.97. The molecule has 2 aromatic heterocycles. The highest BCUT2D eigenvalue weighted by atomic mass is 16.4. The Morgan fingerprint density at radius 3 is 2.58 bits per heavy atom. The summed E-state index contributed by atoms with van der Waals surface area (Å²) in [6.07, 6.45) is 3.57. The van der Waals surface area contributed by atoms with Crippen LogP contribution in [0, 0.1) is 0 Å². The third kappa shape index (κ3) is 2.31. The van der Waals surface area contributed by atoms with E-state index in [1.807, 2.05) is 18.2 Å². The summed E-state index contributed by atoms with van der Waals surface area (Å²) in [5, 5.41) is 12.4. The molecule has 1 aliphatic rings. The molecular weight excluding hydrogens is 330 g/mol. The van der Waals surface area contributed by atoms with E-state index in [0.717, 1.165) is 36.9 Å². The van der Waals surface area contributed by atoms with Gasteiger partial charge in [-0.15, -0.1) is 0 Å². The van der Waals surface area contributed by atoms with Crippen LogP contribution in [0.5, 0.6) is 5.75 Å². The monoisotopic (exact) mass is 349 g/mol. The standard InChI is InChI=1S/C21H19NO4/c23-15-8-9-17-18(14(15)12-22-10-4-1-5-11-22)19-20(25-17)13-6-2-3-7-16(13)26-21(19)24/h2-3,6-9,23H,1,4-5,10-12H2. The molecule has 132 valence electrons. The number of furan rings is 1. The fourth-order valence-corrected chi connectivity index (χ4v) is 4.03. The summed E-state index contributed by atoms with van der Waals surface area (Å²) in [6, 6.07) is 10.7. The number of nitrogens with zero attached hydrogens (tertiary/aromatic N) is 1. The van der Waals surface area contributed by atoms with Crippen LogP contribution in [-0.2, 0) is 6.54 Å². The zero-order chi connectivity index (χ0) is 17.7. The molecule has 1 saturated heterocycles. The number of piperidine rings is 1. The van der Waals surface area contributed by atoms with Crippen molar-refractivity contribution in [1.29, 1.82) is 0 Å². The first-order valence-electron chi connectivity index (χ1n) is 9.03. The third-order valence-corrected chi connectivity index (χ3v) is 5.31. The maximum Gasteiger partial charge on any atom is 0.348 e. The summed E-state index contributed by atoms with van der Waals surface area (Å²) in [5.41, 5.74) is 1.95. The smallest absolute Gasteiger partial charge is 0.348 e. The minimum atomic E-state index is -0.428. The molecule has 0 aliphatic carbocycles. The molecule has 5 rings (SSSR count). The van der Waals surface area contributed by atoms with E-state index in [-0.39, 0.29) is 5.75 Å². The molecule has 4 aromatic rings. The van der Waals surface area contributed by atoms with Gasteiger partial charge in [-0.25, -0.2) is 4.79 Å². The van der Waals surface area contributed by atoms with E-state index in [4.69, 9.17) is 8.83 Å². The van der Waals surface area contributed by atoms with Gasteiger partial charge in [0.1, 0.15) is 22.3 Å². The maximum atomic E-state index is 12.7. The Kier molecular flexibility index (Phi) is 3.50. The fourth-order valence-electron chi connectivity index (χ4n) is 4.03. The topological polar surface area (TPSA) is 66.8 Å². The van der Waals surface area contributed by atoms with Gasteiger partial charge in [0.25, 0.3) is 0 Å². The summed E-state index contributed by atoms with van der Waals surface area (Å²) in [5.74, 6) is 0.193. The van der Waals surface area contributed by atoms with Crippen molar-refractivity contribution in [2.75, 3.05) is 13.1 Å². The lowest BCUT2D eigenvalue weighted by atomic mass is 10.0. The predicted molar refractivity (Wildman–Crippen MR) is 101 cm³/mol. The van der Waals surface area contributed by atoms with Crippen molar-refractivity contribution >= 4 is 32.9 Å². The van der Waals surface area contributed by atoms with E-state index in [9.17, 15) is 9.90 Å². The highest BCUT2D eigenvalue weighted by molar-refractivity contribution is 6.14. The normalized spacial score (nSPS) is 16.0. The van der Waals surface area contributed by atoms with Gasteiger partial charge in [-0.3, -0.25) is 4.90 Å².